The molecule has 0 bridgehead atoms. The Hall–Kier alpha value is -4.37. The number of anilines is 2. The van der Waals surface area contributed by atoms with E-state index in [1.54, 1.807) is 69.2 Å². The molecule has 3 aromatic rings. The van der Waals surface area contributed by atoms with Crippen LogP contribution in [0.2, 0.25) is 20.1 Å². The van der Waals surface area contributed by atoms with Crippen LogP contribution in [0.15, 0.2) is 57.2 Å². The molecule has 18 heteroatoms. The SMILES string of the molecule is CCOC(=O)CC(C)=O.CN(C(=N)N=C(N)N)c1ccc(Cl)c(Cl)c1.Cc1cc(=O)[nH]c(N=C(N)N(C)c2ccc(Cl)c(Cl)c2)n1. The molecule has 1 heterocycles. The molecule has 0 atom stereocenters. The molecule has 0 unspecified atom stereocenters. The number of nitrogens with two attached hydrogens (primary N) is 3. The maximum absolute atomic E-state index is 11.4. The van der Waals surface area contributed by atoms with E-state index in [0.29, 0.717) is 43.8 Å². The number of carbonyl (C=O) groups excluding carboxylic acids is 2. The molecule has 0 saturated heterocycles. The average molecular weight is 716 g/mol. The molecule has 0 aliphatic carbocycles. The first-order valence-corrected chi connectivity index (χ1v) is 14.6. The van der Waals surface area contributed by atoms with Crippen molar-refractivity contribution in [3.8, 4) is 0 Å². The Kier molecular flexibility index (Phi) is 16.6. The van der Waals surface area contributed by atoms with Gasteiger partial charge in [-0.3, -0.25) is 24.8 Å². The molecule has 0 spiro atoms. The van der Waals surface area contributed by atoms with Gasteiger partial charge in [-0.15, -0.1) is 0 Å². The summed E-state index contributed by atoms with van der Waals surface area (Å²) in [5.74, 6) is -0.555. The van der Waals surface area contributed by atoms with Crippen LogP contribution in [-0.4, -0.2) is 60.3 Å². The molecule has 0 fully saturated rings. The number of guanidine groups is 3. The van der Waals surface area contributed by atoms with Gasteiger partial charge in [0.2, 0.25) is 17.9 Å². The van der Waals surface area contributed by atoms with Gasteiger partial charge in [-0.2, -0.15) is 9.98 Å². The van der Waals surface area contributed by atoms with E-state index in [1.165, 1.54) is 17.9 Å². The Morgan fingerprint density at radius 3 is 1.89 bits per heavy atom. The predicted octanol–water partition coefficient (Wildman–Crippen LogP) is 4.63. The van der Waals surface area contributed by atoms with Crippen molar-refractivity contribution in [3.63, 3.8) is 0 Å². The van der Waals surface area contributed by atoms with Gasteiger partial charge < -0.3 is 31.7 Å². The number of aryl methyl sites for hydroxylation is 1. The van der Waals surface area contributed by atoms with E-state index in [1.807, 2.05) is 0 Å². The second kappa shape index (κ2) is 19.2. The number of aromatic nitrogens is 2. The first kappa shape index (κ1) is 39.7. The Bertz CT molecular complexity index is 1660. The molecule has 3 rings (SSSR count). The number of aromatic amines is 1. The van der Waals surface area contributed by atoms with Crippen molar-refractivity contribution < 1.29 is 14.3 Å². The van der Waals surface area contributed by atoms with E-state index in [-0.39, 0.29) is 41.6 Å². The van der Waals surface area contributed by atoms with Gasteiger partial charge in [0.25, 0.3) is 5.56 Å². The van der Waals surface area contributed by atoms with Gasteiger partial charge in [0.05, 0.1) is 26.7 Å². The van der Waals surface area contributed by atoms with Crippen molar-refractivity contribution in [3.05, 3.63) is 78.6 Å². The second-order valence-electron chi connectivity index (χ2n) is 9.04. The van der Waals surface area contributed by atoms with Crippen LogP contribution in [0, 0.1) is 12.3 Å². The predicted molar refractivity (Wildman–Crippen MR) is 186 cm³/mol. The summed E-state index contributed by atoms with van der Waals surface area (Å²) in [6.45, 7) is 5.11. The molecule has 46 heavy (non-hydrogen) atoms. The molecule has 8 N–H and O–H groups in total. The summed E-state index contributed by atoms with van der Waals surface area (Å²) in [6.07, 6.45) is -0.103. The number of ketones is 1. The lowest BCUT2D eigenvalue weighted by Gasteiger charge is -2.18. The maximum atomic E-state index is 11.4. The summed E-state index contributed by atoms with van der Waals surface area (Å²) < 4.78 is 4.49. The Labute approximate surface area is 285 Å². The normalized spacial score (nSPS) is 10.3. The number of hydrogen-bond donors (Lipinski definition) is 5. The molecule has 248 valence electrons. The van der Waals surface area contributed by atoms with Gasteiger partial charge in [-0.1, -0.05) is 46.4 Å². The largest absolute Gasteiger partial charge is 0.466 e. The Morgan fingerprint density at radius 1 is 0.935 bits per heavy atom. The third-order valence-electron chi connectivity index (χ3n) is 5.25. The molecule has 0 saturated carbocycles. The number of hydrogen-bond acceptors (Lipinski definition) is 7. The number of ether oxygens (including phenoxy) is 1. The molecule has 0 radical (unpaired) electrons. The standard InChI is InChI=1S/C13H13Cl2N5O.C9H11Cl2N5.C6H10O3/c1-7-5-11(21)18-13(17-7)19-12(16)20(2)8-3-4-9(14)10(15)6-8;1-16(9(14)15-8(12)13)5-2-3-6(10)7(11)4-5;1-3-9-6(8)4-5(2)7/h3-6H,1-2H3,(H3,16,17,18,19,21);2-4H,1H3,(H5,12,13,14,15);3-4H2,1-2H3. The number of Topliss-reactive ketones (excluding diaryl/α,β-unsaturated/α-hetero) is 1. The fourth-order valence-electron chi connectivity index (χ4n) is 3.05. The summed E-state index contributed by atoms with van der Waals surface area (Å²) >= 11 is 23.5. The van der Waals surface area contributed by atoms with E-state index in [4.69, 9.17) is 69.0 Å². The molecule has 0 aliphatic rings. The van der Waals surface area contributed by atoms with Crippen molar-refractivity contribution in [1.82, 2.24) is 9.97 Å². The summed E-state index contributed by atoms with van der Waals surface area (Å²) in [7, 11) is 3.36. The first-order valence-electron chi connectivity index (χ1n) is 13.1. The molecule has 2 aromatic carbocycles. The summed E-state index contributed by atoms with van der Waals surface area (Å²) in [5.41, 5.74) is 17.9. The molecule has 0 aliphatic heterocycles. The fraction of sp³-hybridized carbons (Fsp3) is 0.250. The zero-order valence-corrected chi connectivity index (χ0v) is 28.6. The minimum absolute atomic E-state index is 0.0848. The smallest absolute Gasteiger partial charge is 0.313 e. The first-order chi connectivity index (χ1) is 21.4. The fourth-order valence-corrected chi connectivity index (χ4v) is 3.64. The van der Waals surface area contributed by atoms with Crippen LogP contribution in [-0.2, 0) is 14.3 Å². The van der Waals surface area contributed by atoms with Crippen molar-refractivity contribution in [1.29, 1.82) is 5.41 Å². The van der Waals surface area contributed by atoms with Crippen LogP contribution >= 0.6 is 46.4 Å². The molecule has 14 nitrogen and oxygen atoms in total. The molecular weight excluding hydrogens is 682 g/mol. The number of benzene rings is 2. The molecule has 0 amide bonds. The number of esters is 1. The van der Waals surface area contributed by atoms with Gasteiger partial charge >= 0.3 is 5.97 Å². The van der Waals surface area contributed by atoms with Gasteiger partial charge in [-0.25, -0.2) is 4.98 Å². The minimum Gasteiger partial charge on any atom is -0.466 e. The van der Waals surface area contributed by atoms with Gasteiger partial charge in [-0.05, 0) is 57.2 Å². The van der Waals surface area contributed by atoms with Crippen molar-refractivity contribution >= 4 is 93.4 Å². The van der Waals surface area contributed by atoms with E-state index in [0.717, 1.165) is 0 Å². The number of nitrogens with zero attached hydrogens (tertiary/aromatic N) is 5. The number of halogens is 4. The zero-order valence-electron chi connectivity index (χ0n) is 25.6. The highest BCUT2D eigenvalue weighted by molar-refractivity contribution is 6.42. The van der Waals surface area contributed by atoms with Gasteiger partial charge in [0.1, 0.15) is 12.2 Å². The second-order valence-corrected chi connectivity index (χ2v) is 10.7. The Morgan fingerprint density at radius 2 is 1.46 bits per heavy atom. The summed E-state index contributed by atoms with van der Waals surface area (Å²) in [6, 6.07) is 11.4. The van der Waals surface area contributed by atoms with Gasteiger partial charge in [0, 0.05) is 37.2 Å². The topological polar surface area (TPSA) is 222 Å². The molecular formula is C28H34Cl4N10O4. The van der Waals surface area contributed by atoms with Crippen LogP contribution in [0.1, 0.15) is 26.0 Å². The average Bonchev–Trinajstić information content (AvgIpc) is 2.94. The van der Waals surface area contributed by atoms with Crippen LogP contribution < -0.4 is 32.6 Å². The van der Waals surface area contributed by atoms with Crippen molar-refractivity contribution in [2.45, 2.75) is 27.2 Å². The monoisotopic (exact) mass is 714 g/mol. The molecule has 1 aromatic heterocycles. The quantitative estimate of drug-likeness (QED) is 0.103. The lowest BCUT2D eigenvalue weighted by Crippen LogP contribution is -2.33. The number of H-pyrrole nitrogens is 1. The number of rotatable bonds is 6. The zero-order chi connectivity index (χ0) is 35.1. The van der Waals surface area contributed by atoms with E-state index >= 15 is 0 Å². The number of carbonyl (C=O) groups is 2. The third-order valence-corrected chi connectivity index (χ3v) is 6.73. The van der Waals surface area contributed by atoms with Crippen molar-refractivity contribution in [2.75, 3.05) is 30.5 Å². The number of aliphatic imine (C=N–C) groups is 2. The van der Waals surface area contributed by atoms with E-state index in [2.05, 4.69) is 24.7 Å². The highest BCUT2D eigenvalue weighted by atomic mass is 35.5. The number of nitrogens with one attached hydrogen (secondary N) is 2. The van der Waals surface area contributed by atoms with E-state index in [9.17, 15) is 14.4 Å². The maximum Gasteiger partial charge on any atom is 0.313 e. The Balaban J connectivity index is 0.000000375. The lowest BCUT2D eigenvalue weighted by atomic mass is 10.3. The van der Waals surface area contributed by atoms with Gasteiger partial charge in [0.15, 0.2) is 5.96 Å². The highest BCUT2D eigenvalue weighted by Crippen LogP contribution is 2.27. The summed E-state index contributed by atoms with van der Waals surface area (Å²) in [5, 5.41) is 9.31. The van der Waals surface area contributed by atoms with Crippen molar-refractivity contribution in [2.24, 2.45) is 27.2 Å². The highest BCUT2D eigenvalue weighted by Gasteiger charge is 2.10. The lowest BCUT2D eigenvalue weighted by molar-refractivity contribution is -0.145. The van der Waals surface area contributed by atoms with Crippen LogP contribution in [0.5, 0.6) is 0 Å². The third kappa shape index (κ3) is 14.2. The van der Waals surface area contributed by atoms with E-state index < -0.39 is 5.97 Å². The van der Waals surface area contributed by atoms with Crippen LogP contribution in [0.25, 0.3) is 0 Å². The minimum atomic E-state index is -0.440. The van der Waals surface area contributed by atoms with Crippen LogP contribution in [0.4, 0.5) is 17.3 Å². The summed E-state index contributed by atoms with van der Waals surface area (Å²) in [4.78, 5) is 49.4. The van der Waals surface area contributed by atoms with Crippen LogP contribution in [0.3, 0.4) is 0 Å².